The van der Waals surface area contributed by atoms with Gasteiger partial charge in [-0.3, -0.25) is 0 Å². The lowest BCUT2D eigenvalue weighted by Gasteiger charge is -2.06. The topological polar surface area (TPSA) is 20.2 Å². The zero-order valence-electron chi connectivity index (χ0n) is 6.10. The van der Waals surface area contributed by atoms with Gasteiger partial charge in [0.2, 0.25) is 0 Å². The molecule has 0 spiro atoms. The molecule has 0 heterocycles. The van der Waals surface area contributed by atoms with E-state index >= 15 is 0 Å². The van der Waals surface area contributed by atoms with E-state index in [4.69, 9.17) is 11.6 Å². The SMILES string of the molecule is OC(CCl)c1ccc(F)c(Br)c1. The third-order valence-electron chi connectivity index (χ3n) is 1.47. The minimum absolute atomic E-state index is 0.109. The molecule has 1 atom stereocenters. The minimum Gasteiger partial charge on any atom is -0.387 e. The van der Waals surface area contributed by atoms with Crippen molar-refractivity contribution in [2.45, 2.75) is 6.10 Å². The van der Waals surface area contributed by atoms with Crippen LogP contribution in [0.5, 0.6) is 0 Å². The van der Waals surface area contributed by atoms with E-state index in [1.165, 1.54) is 18.2 Å². The standard InChI is InChI=1S/C8H7BrClFO/c9-6-3-5(8(12)4-10)1-2-7(6)11/h1-3,8,12H,4H2. The van der Waals surface area contributed by atoms with Crippen molar-refractivity contribution in [1.29, 1.82) is 0 Å². The number of aliphatic hydroxyl groups is 1. The van der Waals surface area contributed by atoms with Gasteiger partial charge in [-0.05, 0) is 33.6 Å². The quantitative estimate of drug-likeness (QED) is 0.804. The molecular weight excluding hydrogens is 246 g/mol. The molecule has 0 amide bonds. The van der Waals surface area contributed by atoms with E-state index in [2.05, 4.69) is 15.9 Å². The zero-order valence-corrected chi connectivity index (χ0v) is 8.44. The highest BCUT2D eigenvalue weighted by atomic mass is 79.9. The number of rotatable bonds is 2. The average molecular weight is 253 g/mol. The highest BCUT2D eigenvalue weighted by Gasteiger charge is 2.07. The van der Waals surface area contributed by atoms with Gasteiger partial charge in [-0.25, -0.2) is 4.39 Å². The molecule has 0 aliphatic rings. The summed E-state index contributed by atoms with van der Waals surface area (Å²) in [6, 6.07) is 4.31. The lowest BCUT2D eigenvalue weighted by Crippen LogP contribution is -1.98. The second kappa shape index (κ2) is 4.21. The fourth-order valence-electron chi connectivity index (χ4n) is 0.809. The molecule has 1 N–H and O–H groups in total. The Balaban J connectivity index is 2.96. The molecule has 0 aliphatic heterocycles. The van der Waals surface area contributed by atoms with Crippen LogP contribution >= 0.6 is 27.5 Å². The first-order valence-electron chi connectivity index (χ1n) is 3.34. The Hall–Kier alpha value is -0.120. The molecular formula is C8H7BrClFO. The summed E-state index contributed by atoms with van der Waals surface area (Å²) < 4.78 is 13.0. The summed E-state index contributed by atoms with van der Waals surface area (Å²) in [5.74, 6) is -0.238. The molecule has 66 valence electrons. The van der Waals surface area contributed by atoms with Crippen molar-refractivity contribution >= 4 is 27.5 Å². The van der Waals surface area contributed by atoms with Crippen LogP contribution in [0, 0.1) is 5.82 Å². The highest BCUT2D eigenvalue weighted by molar-refractivity contribution is 9.10. The molecule has 0 fully saturated rings. The second-order valence-corrected chi connectivity index (χ2v) is 3.51. The Morgan fingerprint density at radius 3 is 2.75 bits per heavy atom. The van der Waals surface area contributed by atoms with Crippen LogP contribution in [0.4, 0.5) is 4.39 Å². The van der Waals surface area contributed by atoms with Gasteiger partial charge in [-0.1, -0.05) is 6.07 Å². The van der Waals surface area contributed by atoms with Crippen molar-refractivity contribution in [3.8, 4) is 0 Å². The predicted molar refractivity (Wildman–Crippen MR) is 49.8 cm³/mol. The molecule has 1 nitrogen and oxygen atoms in total. The van der Waals surface area contributed by atoms with Gasteiger partial charge in [0.15, 0.2) is 0 Å². The smallest absolute Gasteiger partial charge is 0.137 e. The van der Waals surface area contributed by atoms with E-state index in [1.54, 1.807) is 0 Å². The van der Waals surface area contributed by atoms with E-state index in [-0.39, 0.29) is 11.7 Å². The first kappa shape index (κ1) is 9.96. The van der Waals surface area contributed by atoms with Crippen molar-refractivity contribution in [2.24, 2.45) is 0 Å². The fourth-order valence-corrected chi connectivity index (χ4v) is 1.38. The maximum Gasteiger partial charge on any atom is 0.137 e. The summed E-state index contributed by atoms with van der Waals surface area (Å²) in [5, 5.41) is 9.27. The summed E-state index contributed by atoms with van der Waals surface area (Å²) in [7, 11) is 0. The van der Waals surface area contributed by atoms with Gasteiger partial charge in [0.05, 0.1) is 16.5 Å². The van der Waals surface area contributed by atoms with Gasteiger partial charge < -0.3 is 5.11 Å². The third-order valence-corrected chi connectivity index (χ3v) is 2.37. The fraction of sp³-hybridized carbons (Fsp3) is 0.250. The van der Waals surface area contributed by atoms with Crippen molar-refractivity contribution in [2.75, 3.05) is 5.88 Å². The number of hydrogen-bond acceptors (Lipinski definition) is 1. The monoisotopic (exact) mass is 252 g/mol. The summed E-state index contributed by atoms with van der Waals surface area (Å²) >= 11 is 8.43. The summed E-state index contributed by atoms with van der Waals surface area (Å²) in [4.78, 5) is 0. The van der Waals surface area contributed by atoms with E-state index in [0.717, 1.165) is 0 Å². The maximum atomic E-state index is 12.7. The zero-order chi connectivity index (χ0) is 9.14. The first-order chi connectivity index (χ1) is 5.65. The Morgan fingerprint density at radius 1 is 1.58 bits per heavy atom. The maximum absolute atomic E-state index is 12.7. The number of aliphatic hydroxyl groups excluding tert-OH is 1. The number of hydrogen-bond donors (Lipinski definition) is 1. The Kier molecular flexibility index (Phi) is 3.50. The van der Waals surface area contributed by atoms with Crippen molar-refractivity contribution in [3.05, 3.63) is 34.1 Å². The highest BCUT2D eigenvalue weighted by Crippen LogP contribution is 2.21. The van der Waals surface area contributed by atoms with Crippen LogP contribution in [0.3, 0.4) is 0 Å². The molecule has 1 rings (SSSR count). The van der Waals surface area contributed by atoms with Crippen LogP contribution in [0.1, 0.15) is 11.7 Å². The average Bonchev–Trinajstić information content (AvgIpc) is 2.08. The molecule has 1 aromatic rings. The van der Waals surface area contributed by atoms with Crippen LogP contribution in [0.15, 0.2) is 22.7 Å². The summed E-state index contributed by atoms with van der Waals surface area (Å²) in [6.07, 6.45) is -0.733. The minimum atomic E-state index is -0.733. The Bertz CT molecular complexity index is 280. The predicted octanol–water partition coefficient (Wildman–Crippen LogP) is 2.86. The van der Waals surface area contributed by atoms with Gasteiger partial charge in [0.1, 0.15) is 5.82 Å². The molecule has 1 unspecified atom stereocenters. The van der Waals surface area contributed by atoms with E-state index in [0.29, 0.717) is 10.0 Å². The third kappa shape index (κ3) is 2.19. The normalized spacial score (nSPS) is 13.0. The van der Waals surface area contributed by atoms with Crippen LogP contribution in [-0.4, -0.2) is 11.0 Å². The summed E-state index contributed by atoms with van der Waals surface area (Å²) in [6.45, 7) is 0. The van der Waals surface area contributed by atoms with Crippen LogP contribution in [0.2, 0.25) is 0 Å². The number of benzene rings is 1. The Morgan fingerprint density at radius 2 is 2.25 bits per heavy atom. The molecule has 0 saturated heterocycles. The van der Waals surface area contributed by atoms with Gasteiger partial charge in [-0.2, -0.15) is 0 Å². The van der Waals surface area contributed by atoms with Gasteiger partial charge in [0, 0.05) is 0 Å². The molecule has 0 bridgehead atoms. The Labute approximate surface area is 83.3 Å². The van der Waals surface area contributed by atoms with Crippen LogP contribution in [-0.2, 0) is 0 Å². The molecule has 0 radical (unpaired) electrons. The molecule has 0 aliphatic carbocycles. The molecule has 4 heteroatoms. The van der Waals surface area contributed by atoms with Crippen LogP contribution in [0.25, 0.3) is 0 Å². The van der Waals surface area contributed by atoms with Gasteiger partial charge in [-0.15, -0.1) is 11.6 Å². The number of alkyl halides is 1. The first-order valence-corrected chi connectivity index (χ1v) is 4.67. The van der Waals surface area contributed by atoms with E-state index in [1.807, 2.05) is 0 Å². The summed E-state index contributed by atoms with van der Waals surface area (Å²) in [5.41, 5.74) is 0.610. The van der Waals surface area contributed by atoms with Gasteiger partial charge in [0.25, 0.3) is 0 Å². The van der Waals surface area contributed by atoms with Crippen molar-refractivity contribution < 1.29 is 9.50 Å². The largest absolute Gasteiger partial charge is 0.387 e. The van der Waals surface area contributed by atoms with Crippen molar-refractivity contribution in [1.82, 2.24) is 0 Å². The molecule has 12 heavy (non-hydrogen) atoms. The lowest BCUT2D eigenvalue weighted by molar-refractivity contribution is 0.202. The molecule has 0 saturated carbocycles. The lowest BCUT2D eigenvalue weighted by atomic mass is 10.1. The number of halogens is 3. The van der Waals surface area contributed by atoms with Crippen molar-refractivity contribution in [3.63, 3.8) is 0 Å². The second-order valence-electron chi connectivity index (χ2n) is 2.34. The van der Waals surface area contributed by atoms with Gasteiger partial charge >= 0.3 is 0 Å². The molecule has 0 aromatic heterocycles. The van der Waals surface area contributed by atoms with Crippen LogP contribution < -0.4 is 0 Å². The van der Waals surface area contributed by atoms with E-state index < -0.39 is 6.10 Å². The van der Waals surface area contributed by atoms with E-state index in [9.17, 15) is 9.50 Å². The molecule has 1 aromatic carbocycles.